The molecule has 7 heteroatoms. The summed E-state index contributed by atoms with van der Waals surface area (Å²) in [6, 6.07) is 0. The smallest absolute Gasteiger partial charge is 0.362 e. The second-order valence-corrected chi connectivity index (χ2v) is 8.90. The zero-order valence-electron chi connectivity index (χ0n) is 18.1. The first-order valence-corrected chi connectivity index (χ1v) is 12.0. The largest absolute Gasteiger partial charge is 0.471 e. The number of nitrogens with zero attached hydrogens (tertiary/aromatic N) is 2. The van der Waals surface area contributed by atoms with Crippen molar-refractivity contribution in [1.82, 2.24) is 9.80 Å². The summed E-state index contributed by atoms with van der Waals surface area (Å²) in [6.45, 7) is 4.61. The molecule has 0 aromatic heterocycles. The third-order valence-electron chi connectivity index (χ3n) is 4.70. The minimum absolute atomic E-state index is 1.08. The molecule has 162 valence electrons. The fraction of sp³-hybridized carbons (Fsp3) is 0.900. The van der Waals surface area contributed by atoms with Gasteiger partial charge in [0.15, 0.2) is 0 Å². The van der Waals surface area contributed by atoms with Crippen molar-refractivity contribution in [3.8, 4) is 0 Å². The molecule has 1 aliphatic rings. The Labute approximate surface area is 167 Å². The molecule has 1 heterocycles. The summed E-state index contributed by atoms with van der Waals surface area (Å²) < 4.78 is 18.0. The predicted molar refractivity (Wildman–Crippen MR) is 113 cm³/mol. The van der Waals surface area contributed by atoms with Crippen LogP contribution in [-0.2, 0) is 13.6 Å². The summed E-state index contributed by atoms with van der Waals surface area (Å²) in [5.41, 5.74) is 0. The summed E-state index contributed by atoms with van der Waals surface area (Å²) in [7, 11) is 0.686. The van der Waals surface area contributed by atoms with Crippen LogP contribution in [-0.4, -0.2) is 49.2 Å². The topological polar surface area (TPSA) is 62.2 Å². The number of unbranched alkanes of at least 4 members (excludes halogenated alkanes) is 11. The molecule has 0 unspecified atom stereocenters. The molecule has 0 aliphatic carbocycles. The van der Waals surface area contributed by atoms with Crippen molar-refractivity contribution >= 4 is 7.82 Å². The molecule has 0 saturated heterocycles. The summed E-state index contributed by atoms with van der Waals surface area (Å²) in [5, 5.41) is 0. The van der Waals surface area contributed by atoms with Crippen LogP contribution >= 0.6 is 7.82 Å². The number of phosphoric acid groups is 1. The highest BCUT2D eigenvalue weighted by Crippen LogP contribution is 2.40. The lowest BCUT2D eigenvalue weighted by Gasteiger charge is -2.17. The fourth-order valence-corrected chi connectivity index (χ4v) is 3.11. The Morgan fingerprint density at radius 3 is 1.63 bits per heavy atom. The molecule has 0 aromatic rings. The van der Waals surface area contributed by atoms with Gasteiger partial charge in [-0.3, -0.25) is 9.05 Å². The average molecular weight is 407 g/mol. The maximum absolute atomic E-state index is 10.1. The zero-order chi connectivity index (χ0) is 20.4. The molecule has 0 fully saturated rings. The van der Waals surface area contributed by atoms with Crippen molar-refractivity contribution in [2.45, 2.75) is 84.0 Å². The van der Waals surface area contributed by atoms with Gasteiger partial charge in [-0.1, -0.05) is 77.6 Å². The van der Waals surface area contributed by atoms with Crippen LogP contribution in [0.3, 0.4) is 0 Å². The fourth-order valence-electron chi connectivity index (χ4n) is 2.96. The van der Waals surface area contributed by atoms with Crippen molar-refractivity contribution in [1.29, 1.82) is 0 Å². The molecule has 0 amide bonds. The van der Waals surface area contributed by atoms with Crippen molar-refractivity contribution in [2.24, 2.45) is 0 Å². The maximum atomic E-state index is 10.1. The van der Waals surface area contributed by atoms with Gasteiger partial charge >= 0.3 is 7.82 Å². The predicted octanol–water partition coefficient (Wildman–Crippen LogP) is 5.74. The van der Waals surface area contributed by atoms with E-state index in [1.54, 1.807) is 0 Å². The van der Waals surface area contributed by atoms with Crippen molar-refractivity contribution in [3.05, 3.63) is 12.4 Å². The van der Waals surface area contributed by atoms with Gasteiger partial charge in [0.25, 0.3) is 0 Å². The Morgan fingerprint density at radius 1 is 0.852 bits per heavy atom. The Hall–Kier alpha value is -0.550. The number of hydrogen-bond donors (Lipinski definition) is 1. The summed E-state index contributed by atoms with van der Waals surface area (Å²) in [4.78, 5) is 12.9. The van der Waals surface area contributed by atoms with Gasteiger partial charge in [0.1, 0.15) is 0 Å². The van der Waals surface area contributed by atoms with Crippen molar-refractivity contribution in [2.75, 3.05) is 34.5 Å². The highest BCUT2D eigenvalue weighted by atomic mass is 31.2. The van der Waals surface area contributed by atoms with Gasteiger partial charge in [-0.05, 0) is 6.42 Å². The number of rotatable bonds is 15. The van der Waals surface area contributed by atoms with E-state index >= 15 is 0 Å². The van der Waals surface area contributed by atoms with Crippen LogP contribution in [0.2, 0.25) is 0 Å². The molecule has 0 aromatic carbocycles. The van der Waals surface area contributed by atoms with Gasteiger partial charge in [-0.15, -0.1) is 0 Å². The molecule has 0 bridgehead atoms. The Morgan fingerprint density at radius 2 is 1.30 bits per heavy atom. The van der Waals surface area contributed by atoms with Crippen molar-refractivity contribution < 1.29 is 18.5 Å². The summed E-state index contributed by atoms with van der Waals surface area (Å²) in [6.07, 6.45) is 21.6. The molecule has 0 atom stereocenters. The second-order valence-electron chi connectivity index (χ2n) is 7.23. The summed E-state index contributed by atoms with van der Waals surface area (Å²) in [5.74, 6) is 0. The van der Waals surface area contributed by atoms with Gasteiger partial charge < -0.3 is 14.7 Å². The summed E-state index contributed by atoms with van der Waals surface area (Å²) >= 11 is 0. The Bertz CT molecular complexity index is 399. The number of hydrogen-bond acceptors (Lipinski definition) is 5. The highest BCUT2D eigenvalue weighted by Gasteiger charge is 2.13. The third kappa shape index (κ3) is 17.3. The number of phosphoric ester groups is 1. The van der Waals surface area contributed by atoms with E-state index in [4.69, 9.17) is 4.89 Å². The quantitative estimate of drug-likeness (QED) is 0.276. The SMILES string of the molecule is CCCCCCCCCCCCCCN1C=CN(C)C1.COP(=O)(O)OC. The van der Waals surface area contributed by atoms with Gasteiger partial charge in [0.2, 0.25) is 0 Å². The van der Waals surface area contributed by atoms with Crippen molar-refractivity contribution in [3.63, 3.8) is 0 Å². The molecule has 27 heavy (non-hydrogen) atoms. The minimum Gasteiger partial charge on any atom is -0.362 e. The monoisotopic (exact) mass is 406 g/mol. The van der Waals surface area contributed by atoms with E-state index in [1.165, 1.54) is 83.6 Å². The molecule has 1 rings (SSSR count). The molecule has 0 spiro atoms. The van der Waals surface area contributed by atoms with Crippen LogP contribution in [0.25, 0.3) is 0 Å². The molecule has 1 aliphatic heterocycles. The van der Waals surface area contributed by atoms with Crippen LogP contribution in [0.5, 0.6) is 0 Å². The maximum Gasteiger partial charge on any atom is 0.471 e. The van der Waals surface area contributed by atoms with Gasteiger partial charge in [0.05, 0.1) is 6.67 Å². The first-order chi connectivity index (χ1) is 12.9. The lowest BCUT2D eigenvalue weighted by Crippen LogP contribution is -2.23. The van der Waals surface area contributed by atoms with Gasteiger partial charge in [-0.25, -0.2) is 4.57 Å². The van der Waals surface area contributed by atoms with E-state index in [1.807, 2.05) is 0 Å². The third-order valence-corrected chi connectivity index (χ3v) is 5.62. The first-order valence-electron chi connectivity index (χ1n) is 10.5. The highest BCUT2D eigenvalue weighted by molar-refractivity contribution is 7.47. The van der Waals surface area contributed by atoms with Crippen LogP contribution in [0, 0.1) is 0 Å². The zero-order valence-corrected chi connectivity index (χ0v) is 19.0. The Kier molecular flexibility index (Phi) is 17.2. The molecule has 1 N–H and O–H groups in total. The van der Waals surface area contributed by atoms with Crippen LogP contribution < -0.4 is 0 Å². The lowest BCUT2D eigenvalue weighted by molar-refractivity contribution is 0.204. The van der Waals surface area contributed by atoms with E-state index < -0.39 is 7.82 Å². The van der Waals surface area contributed by atoms with Gasteiger partial charge in [-0.2, -0.15) is 0 Å². The standard InChI is InChI=1S/C18H36N2.C2H7O4P/c1-3-4-5-6-7-8-9-10-11-12-13-14-15-20-17-16-19(2)18-20;1-5-7(3,4)6-2/h16-17H,3-15,18H2,1-2H3;1-2H3,(H,3,4). The van der Waals surface area contributed by atoms with Gasteiger partial charge in [0, 0.05) is 40.2 Å². The lowest BCUT2D eigenvalue weighted by atomic mass is 10.1. The van der Waals surface area contributed by atoms with E-state index in [0.29, 0.717) is 0 Å². The molecular weight excluding hydrogens is 363 g/mol. The van der Waals surface area contributed by atoms with Crippen LogP contribution in [0.1, 0.15) is 84.0 Å². The molecule has 0 saturated carbocycles. The second kappa shape index (κ2) is 17.5. The normalized spacial score (nSPS) is 13.8. The molecule has 0 radical (unpaired) electrons. The molecular formula is C20H43N2O4P. The minimum atomic E-state index is -3.65. The Balaban J connectivity index is 0.000000821. The van der Waals surface area contributed by atoms with Crippen LogP contribution in [0.15, 0.2) is 12.4 Å². The average Bonchev–Trinajstić information content (AvgIpc) is 3.08. The van der Waals surface area contributed by atoms with E-state index in [-0.39, 0.29) is 0 Å². The van der Waals surface area contributed by atoms with Crippen LogP contribution in [0.4, 0.5) is 0 Å². The molecule has 6 nitrogen and oxygen atoms in total. The van der Waals surface area contributed by atoms with E-state index in [0.717, 1.165) is 20.9 Å². The van der Waals surface area contributed by atoms with E-state index in [2.05, 4.69) is 45.2 Å². The first kappa shape index (κ1) is 26.4. The van der Waals surface area contributed by atoms with E-state index in [9.17, 15) is 4.57 Å².